The van der Waals surface area contributed by atoms with Gasteiger partial charge in [0.15, 0.2) is 0 Å². The Kier molecular flexibility index (Phi) is 9.05. The summed E-state index contributed by atoms with van der Waals surface area (Å²) in [5.41, 5.74) is 11.1. The van der Waals surface area contributed by atoms with E-state index in [1.807, 2.05) is 0 Å². The number of phenolic OH excluding ortho intramolecular Hbond substituents is 2. The molecule has 0 aliphatic heterocycles. The molecule has 5 aromatic carbocycles. The molecule has 2 nitrogen and oxygen atoms in total. The lowest BCUT2D eigenvalue weighted by molar-refractivity contribution is 0.450. The first-order valence-corrected chi connectivity index (χ1v) is 15.9. The molecule has 0 aliphatic rings. The Morgan fingerprint density at radius 3 is 0.707 bits per heavy atom. The molecule has 2 N–H and O–H groups in total. The van der Waals surface area contributed by atoms with Crippen molar-refractivity contribution in [2.45, 2.75) is 55.4 Å². The van der Waals surface area contributed by atoms with E-state index in [9.17, 15) is 0 Å². The summed E-state index contributed by atoms with van der Waals surface area (Å²) in [5, 5.41) is 23.4. The molecular weight excluding hydrogens is 519 g/mol. The van der Waals surface area contributed by atoms with Crippen LogP contribution in [0.15, 0.2) is 97.1 Å². The highest BCUT2D eigenvalue weighted by Crippen LogP contribution is 2.59. The number of benzene rings is 5. The number of hydrogen-bond donors (Lipinski definition) is 2. The zero-order chi connectivity index (χ0) is 29.9. The van der Waals surface area contributed by atoms with Gasteiger partial charge in [-0.15, -0.1) is 0 Å². The number of hydrogen-bond acceptors (Lipinski definition) is 2. The molecule has 0 aromatic heterocycles. The fourth-order valence-corrected chi connectivity index (χ4v) is 12.7. The van der Waals surface area contributed by atoms with Crippen LogP contribution in [0.3, 0.4) is 0 Å². The highest BCUT2D eigenvalue weighted by molar-refractivity contribution is 8.02. The summed E-state index contributed by atoms with van der Waals surface area (Å²) >= 11 is 0. The molecule has 0 radical (unpaired) electrons. The average Bonchev–Trinajstić information content (AvgIpc) is 2.88. The van der Waals surface area contributed by atoms with E-state index in [1.54, 1.807) is 6.07 Å². The van der Waals surface area contributed by atoms with Crippen LogP contribution in [-0.4, -0.2) is 10.2 Å². The molecule has 0 fully saturated rings. The SMILES string of the molecule is Cc1cccc(C)c1[P+](c1c(C)cccc1C)(c1c(C)cccc1C)c1c(C)cccc1C.Oc1cccc(O)c1. The maximum Gasteiger partial charge on any atom is 0.146 e. The van der Waals surface area contributed by atoms with E-state index in [1.165, 1.54) is 83.9 Å². The van der Waals surface area contributed by atoms with Gasteiger partial charge in [0.05, 0.1) is 0 Å². The Hall–Kier alpha value is -3.87. The van der Waals surface area contributed by atoms with Gasteiger partial charge in [-0.2, -0.15) is 0 Å². The number of aromatic hydroxyl groups is 2. The summed E-state index contributed by atoms with van der Waals surface area (Å²) in [5.74, 6) is 0.176. The third-order valence-corrected chi connectivity index (χ3v) is 13.4. The lowest BCUT2D eigenvalue weighted by atomic mass is 10.1. The summed E-state index contributed by atoms with van der Waals surface area (Å²) < 4.78 is 0. The van der Waals surface area contributed by atoms with Crippen LogP contribution in [-0.2, 0) is 0 Å². The third kappa shape index (κ3) is 5.67. The largest absolute Gasteiger partial charge is 0.508 e. The highest BCUT2D eigenvalue weighted by Gasteiger charge is 2.54. The minimum atomic E-state index is -2.21. The van der Waals surface area contributed by atoms with Gasteiger partial charge in [-0.3, -0.25) is 0 Å². The van der Waals surface area contributed by atoms with Gasteiger partial charge >= 0.3 is 0 Å². The van der Waals surface area contributed by atoms with Gasteiger partial charge in [-0.25, -0.2) is 0 Å². The van der Waals surface area contributed by atoms with Crippen LogP contribution in [0.1, 0.15) is 44.5 Å². The third-order valence-electron chi connectivity index (χ3n) is 7.93. The Morgan fingerprint density at radius 1 is 0.341 bits per heavy atom. The molecule has 3 heteroatoms. The molecule has 0 saturated carbocycles. The van der Waals surface area contributed by atoms with Crippen LogP contribution in [0.25, 0.3) is 0 Å². The van der Waals surface area contributed by atoms with E-state index in [2.05, 4.69) is 128 Å². The van der Waals surface area contributed by atoms with Gasteiger partial charge in [-0.1, -0.05) is 78.9 Å². The summed E-state index contributed by atoms with van der Waals surface area (Å²) in [6.07, 6.45) is 0. The minimum absolute atomic E-state index is 0.0880. The van der Waals surface area contributed by atoms with E-state index in [0.717, 1.165) is 0 Å². The molecule has 5 aromatic rings. The zero-order valence-electron chi connectivity index (χ0n) is 25.6. The number of phenols is 2. The second kappa shape index (κ2) is 12.3. The Labute approximate surface area is 246 Å². The molecule has 0 saturated heterocycles. The van der Waals surface area contributed by atoms with Crippen molar-refractivity contribution in [2.75, 3.05) is 0 Å². The average molecular weight is 562 g/mol. The summed E-state index contributed by atoms with van der Waals surface area (Å²) in [6, 6.07) is 33.2. The lowest BCUT2D eigenvalue weighted by Gasteiger charge is -2.35. The van der Waals surface area contributed by atoms with E-state index >= 15 is 0 Å². The van der Waals surface area contributed by atoms with Crippen molar-refractivity contribution in [1.29, 1.82) is 0 Å². The first-order chi connectivity index (χ1) is 19.5. The molecule has 0 aliphatic carbocycles. The number of aryl methyl sites for hydroxylation is 8. The standard InChI is InChI=1S/C32H36P.C6H6O2/c1-21-13-9-14-22(2)29(21)33(30-23(3)15-10-16-24(30)4,31-25(5)17-11-18-26(31)6)32-27(7)19-12-20-28(32)8;7-5-2-1-3-6(8)4-5/h9-20H,1-8H3;1-4,7-8H/q+1;. The molecule has 0 heterocycles. The zero-order valence-corrected chi connectivity index (χ0v) is 26.5. The second-order valence-electron chi connectivity index (χ2n) is 11.2. The molecule has 0 spiro atoms. The summed E-state index contributed by atoms with van der Waals surface area (Å²) in [4.78, 5) is 0. The van der Waals surface area contributed by atoms with Crippen molar-refractivity contribution < 1.29 is 10.2 Å². The Morgan fingerprint density at radius 2 is 0.537 bits per heavy atom. The fraction of sp³-hybridized carbons (Fsp3) is 0.211. The predicted molar refractivity (Wildman–Crippen MR) is 179 cm³/mol. The van der Waals surface area contributed by atoms with Crippen LogP contribution in [0.4, 0.5) is 0 Å². The topological polar surface area (TPSA) is 40.5 Å². The molecule has 0 amide bonds. The Balaban J connectivity index is 0.000000417. The van der Waals surface area contributed by atoms with Gasteiger partial charge in [0.2, 0.25) is 0 Å². The number of rotatable bonds is 4. The van der Waals surface area contributed by atoms with Gasteiger partial charge in [-0.05, 0) is 112 Å². The van der Waals surface area contributed by atoms with Crippen LogP contribution in [0, 0.1) is 55.4 Å². The van der Waals surface area contributed by atoms with Crippen LogP contribution in [0.2, 0.25) is 0 Å². The minimum Gasteiger partial charge on any atom is -0.508 e. The highest BCUT2D eigenvalue weighted by atomic mass is 31.2. The monoisotopic (exact) mass is 561 g/mol. The molecule has 0 unspecified atom stereocenters. The second-order valence-corrected chi connectivity index (χ2v) is 14.3. The predicted octanol–water partition coefficient (Wildman–Crippen LogP) is 7.87. The van der Waals surface area contributed by atoms with Crippen molar-refractivity contribution in [3.63, 3.8) is 0 Å². The quantitative estimate of drug-likeness (QED) is 0.219. The van der Waals surface area contributed by atoms with E-state index in [4.69, 9.17) is 10.2 Å². The van der Waals surface area contributed by atoms with E-state index < -0.39 is 7.26 Å². The molecule has 5 rings (SSSR count). The Bertz CT molecular complexity index is 1390. The lowest BCUT2D eigenvalue weighted by Crippen LogP contribution is -2.46. The normalized spacial score (nSPS) is 11.1. The molecular formula is C38H42O2P+. The fourth-order valence-electron chi connectivity index (χ4n) is 6.50. The molecule has 0 atom stereocenters. The van der Waals surface area contributed by atoms with E-state index in [-0.39, 0.29) is 11.5 Å². The molecule has 210 valence electrons. The van der Waals surface area contributed by atoms with Crippen LogP contribution >= 0.6 is 7.26 Å². The van der Waals surface area contributed by atoms with Gasteiger partial charge in [0.1, 0.15) is 40.0 Å². The molecule has 0 bridgehead atoms. The maximum atomic E-state index is 8.65. The van der Waals surface area contributed by atoms with Crippen LogP contribution < -0.4 is 21.2 Å². The smallest absolute Gasteiger partial charge is 0.146 e. The molecule has 41 heavy (non-hydrogen) atoms. The first-order valence-electron chi connectivity index (χ1n) is 14.1. The first kappa shape index (κ1) is 30.1. The van der Waals surface area contributed by atoms with Gasteiger partial charge in [0, 0.05) is 6.07 Å². The van der Waals surface area contributed by atoms with Crippen molar-refractivity contribution in [3.8, 4) is 11.5 Å². The van der Waals surface area contributed by atoms with Crippen molar-refractivity contribution in [2.24, 2.45) is 0 Å². The van der Waals surface area contributed by atoms with Crippen molar-refractivity contribution in [3.05, 3.63) is 142 Å². The van der Waals surface area contributed by atoms with Gasteiger partial charge in [0.25, 0.3) is 0 Å². The van der Waals surface area contributed by atoms with Crippen LogP contribution in [0.5, 0.6) is 11.5 Å². The van der Waals surface area contributed by atoms with Crippen molar-refractivity contribution >= 4 is 28.5 Å². The summed E-state index contributed by atoms with van der Waals surface area (Å²) in [7, 11) is -2.21. The van der Waals surface area contributed by atoms with E-state index in [0.29, 0.717) is 0 Å². The maximum absolute atomic E-state index is 8.65. The van der Waals surface area contributed by atoms with Crippen molar-refractivity contribution in [1.82, 2.24) is 0 Å². The van der Waals surface area contributed by atoms with Gasteiger partial charge < -0.3 is 10.2 Å². The summed E-state index contributed by atoms with van der Waals surface area (Å²) in [6.45, 7) is 18.5.